The Hall–Kier alpha value is -3.85. The molecular weight excluding hydrogens is 428 g/mol. The summed E-state index contributed by atoms with van der Waals surface area (Å²) >= 11 is 0. The number of hydrogen-bond acceptors (Lipinski definition) is 3. The van der Waals surface area contributed by atoms with E-state index in [-0.39, 0.29) is 0 Å². The topological polar surface area (TPSA) is 24.8 Å². The highest BCUT2D eigenvalue weighted by atomic mass is 16.5. The van der Waals surface area contributed by atoms with Gasteiger partial charge < -0.3 is 4.74 Å². The number of hydrogen-bond donors (Lipinski definition) is 0. The van der Waals surface area contributed by atoms with Crippen molar-refractivity contribution in [3.05, 3.63) is 114 Å². The van der Waals surface area contributed by atoms with Crippen LogP contribution in [0.4, 0.5) is 5.69 Å². The summed E-state index contributed by atoms with van der Waals surface area (Å²) in [5.74, 6) is 1.31. The maximum Gasteiger partial charge on any atom is 0.119 e. The average molecular weight is 463 g/mol. The van der Waals surface area contributed by atoms with Gasteiger partial charge in [-0.1, -0.05) is 79.2 Å². The molecule has 0 heterocycles. The van der Waals surface area contributed by atoms with Crippen LogP contribution in [0.2, 0.25) is 0 Å². The van der Waals surface area contributed by atoms with E-state index < -0.39 is 0 Å². The smallest absolute Gasteiger partial charge is 0.119 e. The number of methoxy groups -OCH3 is 1. The highest BCUT2D eigenvalue weighted by Gasteiger charge is 2.13. The van der Waals surface area contributed by atoms with Gasteiger partial charge in [0.15, 0.2) is 0 Å². The molecule has 0 N–H and O–H groups in total. The minimum absolute atomic E-state index is 0.477. The van der Waals surface area contributed by atoms with Gasteiger partial charge in [0.05, 0.1) is 18.5 Å². The highest BCUT2D eigenvalue weighted by Crippen LogP contribution is 2.29. The second-order valence-electron chi connectivity index (χ2n) is 9.08. The third-order valence-electron chi connectivity index (χ3n) is 6.24. The standard InChI is InChI=1S/C32H34N2O/c1-5-32(29-12-8-9-24(2)22-29)34(30-15-17-31(35-4)18-16-30)33-20-19-25(3)21-26-13-14-27-10-6-7-11-28(27)23-26/h5-18,20,22-23,25H,19,21H2,1-4H3/b32-5-,33-20+. The quantitative estimate of drug-likeness (QED) is 0.185. The number of hydrazone groups is 1. The minimum Gasteiger partial charge on any atom is -0.497 e. The molecule has 0 saturated heterocycles. The number of aryl methyl sites for hydroxylation is 1. The van der Waals surface area contributed by atoms with E-state index in [0.29, 0.717) is 5.92 Å². The Morgan fingerprint density at radius 3 is 2.40 bits per heavy atom. The first-order chi connectivity index (χ1) is 17.1. The zero-order chi connectivity index (χ0) is 24.6. The van der Waals surface area contributed by atoms with Gasteiger partial charge in [-0.3, -0.25) is 0 Å². The van der Waals surface area contributed by atoms with E-state index in [4.69, 9.17) is 9.84 Å². The Morgan fingerprint density at radius 1 is 0.914 bits per heavy atom. The van der Waals surface area contributed by atoms with Crippen LogP contribution in [0.5, 0.6) is 5.75 Å². The molecule has 3 nitrogen and oxygen atoms in total. The second kappa shape index (κ2) is 11.5. The molecule has 0 radical (unpaired) electrons. The van der Waals surface area contributed by atoms with Crippen molar-refractivity contribution in [3.63, 3.8) is 0 Å². The van der Waals surface area contributed by atoms with Crippen molar-refractivity contribution in [2.75, 3.05) is 12.1 Å². The van der Waals surface area contributed by atoms with Crippen molar-refractivity contribution < 1.29 is 4.74 Å². The lowest BCUT2D eigenvalue weighted by Gasteiger charge is -2.23. The van der Waals surface area contributed by atoms with Crippen molar-refractivity contribution in [1.82, 2.24) is 0 Å². The molecule has 0 aromatic heterocycles. The lowest BCUT2D eigenvalue weighted by Crippen LogP contribution is -2.15. The Bertz CT molecular complexity index is 1320. The molecule has 0 bridgehead atoms. The van der Waals surface area contributed by atoms with Gasteiger partial charge in [0.2, 0.25) is 0 Å². The molecule has 4 rings (SSSR count). The van der Waals surface area contributed by atoms with Gasteiger partial charge >= 0.3 is 0 Å². The Labute approximate surface area is 209 Å². The summed E-state index contributed by atoms with van der Waals surface area (Å²) in [7, 11) is 1.69. The molecule has 0 spiro atoms. The number of anilines is 1. The summed E-state index contributed by atoms with van der Waals surface area (Å²) in [6.07, 6.45) is 6.09. The number of ether oxygens (including phenoxy) is 1. The van der Waals surface area contributed by atoms with Crippen LogP contribution in [-0.2, 0) is 6.42 Å². The van der Waals surface area contributed by atoms with E-state index in [9.17, 15) is 0 Å². The van der Waals surface area contributed by atoms with Gasteiger partial charge in [-0.2, -0.15) is 5.10 Å². The summed E-state index contributed by atoms with van der Waals surface area (Å²) in [5, 5.41) is 9.57. The maximum atomic E-state index is 5.36. The van der Waals surface area contributed by atoms with Gasteiger partial charge in [0, 0.05) is 11.8 Å². The molecule has 1 unspecified atom stereocenters. The summed E-state index contributed by atoms with van der Waals surface area (Å²) < 4.78 is 5.36. The van der Waals surface area contributed by atoms with Gasteiger partial charge in [-0.05, 0) is 79.3 Å². The van der Waals surface area contributed by atoms with E-state index >= 15 is 0 Å². The van der Waals surface area contributed by atoms with Crippen LogP contribution < -0.4 is 9.75 Å². The maximum absolute atomic E-state index is 5.36. The van der Waals surface area contributed by atoms with Crippen molar-refractivity contribution >= 4 is 28.4 Å². The fraction of sp³-hybridized carbons (Fsp3) is 0.219. The zero-order valence-electron chi connectivity index (χ0n) is 21.1. The summed E-state index contributed by atoms with van der Waals surface area (Å²) in [6, 6.07) is 31.9. The number of nitrogens with zero attached hydrogens (tertiary/aromatic N) is 2. The first-order valence-electron chi connectivity index (χ1n) is 12.2. The van der Waals surface area contributed by atoms with Crippen molar-refractivity contribution in [2.24, 2.45) is 11.0 Å². The van der Waals surface area contributed by atoms with E-state index in [0.717, 1.165) is 35.5 Å². The molecule has 4 aromatic rings. The van der Waals surface area contributed by atoms with Gasteiger partial charge in [0.25, 0.3) is 0 Å². The molecule has 0 aliphatic carbocycles. The van der Waals surface area contributed by atoms with Crippen LogP contribution in [0.15, 0.2) is 102 Å². The fourth-order valence-electron chi connectivity index (χ4n) is 4.37. The largest absolute Gasteiger partial charge is 0.497 e. The van der Waals surface area contributed by atoms with Crippen LogP contribution >= 0.6 is 0 Å². The van der Waals surface area contributed by atoms with Crippen LogP contribution in [0, 0.1) is 12.8 Å². The van der Waals surface area contributed by atoms with Crippen molar-refractivity contribution in [1.29, 1.82) is 0 Å². The van der Waals surface area contributed by atoms with Gasteiger partial charge in [-0.15, -0.1) is 0 Å². The normalized spacial score (nSPS) is 12.7. The second-order valence-corrected chi connectivity index (χ2v) is 9.08. The number of rotatable bonds is 9. The Balaban J connectivity index is 1.53. The van der Waals surface area contributed by atoms with E-state index in [1.165, 1.54) is 21.9 Å². The average Bonchev–Trinajstić information content (AvgIpc) is 2.88. The van der Waals surface area contributed by atoms with E-state index in [1.807, 2.05) is 29.3 Å². The SMILES string of the molecule is C/C=C(/c1cccc(C)c1)N(/N=C/CC(C)Cc1ccc2ccccc2c1)c1ccc(OC)cc1. The molecule has 4 aromatic carbocycles. The van der Waals surface area contributed by atoms with E-state index in [1.54, 1.807) is 7.11 Å². The number of allylic oxidation sites excluding steroid dienone is 1. The van der Waals surface area contributed by atoms with Crippen molar-refractivity contribution in [3.8, 4) is 5.75 Å². The molecular formula is C32H34N2O. The molecule has 0 aliphatic rings. The molecule has 178 valence electrons. The first kappa shape index (κ1) is 24.3. The predicted octanol–water partition coefficient (Wildman–Crippen LogP) is 8.28. The van der Waals surface area contributed by atoms with Crippen molar-refractivity contribution in [2.45, 2.75) is 33.6 Å². The lowest BCUT2D eigenvalue weighted by atomic mass is 9.96. The molecule has 0 fully saturated rings. The zero-order valence-corrected chi connectivity index (χ0v) is 21.1. The third kappa shape index (κ3) is 6.19. The monoisotopic (exact) mass is 462 g/mol. The number of benzene rings is 4. The van der Waals surface area contributed by atoms with Crippen LogP contribution in [0.1, 0.15) is 37.0 Å². The van der Waals surface area contributed by atoms with E-state index in [2.05, 4.69) is 99.8 Å². The number of fused-ring (bicyclic) bond motifs is 1. The predicted molar refractivity (Wildman–Crippen MR) is 150 cm³/mol. The third-order valence-corrected chi connectivity index (χ3v) is 6.24. The first-order valence-corrected chi connectivity index (χ1v) is 12.2. The fourth-order valence-corrected chi connectivity index (χ4v) is 4.37. The Morgan fingerprint density at radius 2 is 1.69 bits per heavy atom. The van der Waals surface area contributed by atoms with Crippen LogP contribution in [0.3, 0.4) is 0 Å². The Kier molecular flexibility index (Phi) is 7.99. The molecule has 0 aliphatic heterocycles. The summed E-state index contributed by atoms with van der Waals surface area (Å²) in [5.41, 5.74) is 5.79. The molecule has 35 heavy (non-hydrogen) atoms. The van der Waals surface area contributed by atoms with Crippen LogP contribution in [0.25, 0.3) is 16.5 Å². The minimum atomic E-state index is 0.477. The molecule has 1 atom stereocenters. The van der Waals surface area contributed by atoms with Gasteiger partial charge in [0.1, 0.15) is 5.75 Å². The molecule has 3 heteroatoms. The summed E-state index contributed by atoms with van der Waals surface area (Å²) in [6.45, 7) is 6.47. The highest BCUT2D eigenvalue weighted by molar-refractivity contribution is 5.83. The summed E-state index contributed by atoms with van der Waals surface area (Å²) in [4.78, 5) is 0. The molecule has 0 saturated carbocycles. The van der Waals surface area contributed by atoms with Crippen LogP contribution in [-0.4, -0.2) is 13.3 Å². The lowest BCUT2D eigenvalue weighted by molar-refractivity contribution is 0.415. The van der Waals surface area contributed by atoms with Gasteiger partial charge in [-0.25, -0.2) is 5.01 Å². The molecule has 0 amide bonds.